The first kappa shape index (κ1) is 13.9. The summed E-state index contributed by atoms with van der Waals surface area (Å²) in [5.41, 5.74) is 1.87. The fourth-order valence-electron chi connectivity index (χ4n) is 2.88. The highest BCUT2D eigenvalue weighted by molar-refractivity contribution is 6.01. The van der Waals surface area contributed by atoms with Gasteiger partial charge >= 0.3 is 0 Å². The predicted octanol–water partition coefficient (Wildman–Crippen LogP) is 3.29. The van der Waals surface area contributed by atoms with Crippen molar-refractivity contribution in [3.63, 3.8) is 0 Å². The molecule has 0 radical (unpaired) electrons. The lowest BCUT2D eigenvalue weighted by Crippen LogP contribution is -2.13. The Morgan fingerprint density at radius 1 is 1.38 bits per heavy atom. The molecule has 0 aliphatic heterocycles. The van der Waals surface area contributed by atoms with Gasteiger partial charge in [-0.25, -0.2) is 0 Å². The second-order valence-corrected chi connectivity index (χ2v) is 5.51. The Hall–Kier alpha value is -2.10. The van der Waals surface area contributed by atoms with E-state index in [1.54, 1.807) is 18.0 Å². The van der Waals surface area contributed by atoms with Gasteiger partial charge in [-0.05, 0) is 24.3 Å². The van der Waals surface area contributed by atoms with E-state index in [9.17, 15) is 4.79 Å². The average molecular weight is 284 g/mol. The molecule has 4 nitrogen and oxygen atoms in total. The van der Waals surface area contributed by atoms with Gasteiger partial charge < -0.3 is 4.74 Å². The Bertz CT molecular complexity index is 633. The van der Waals surface area contributed by atoms with Crippen LogP contribution in [0, 0.1) is 5.92 Å². The number of ketones is 1. The van der Waals surface area contributed by atoms with Crippen molar-refractivity contribution in [1.82, 2.24) is 9.78 Å². The highest BCUT2D eigenvalue weighted by Crippen LogP contribution is 2.49. The Kier molecular flexibility index (Phi) is 3.78. The van der Waals surface area contributed by atoms with Crippen LogP contribution in [-0.2, 0) is 6.54 Å². The van der Waals surface area contributed by atoms with E-state index >= 15 is 0 Å². The van der Waals surface area contributed by atoms with Gasteiger partial charge in [-0.2, -0.15) is 5.10 Å². The molecule has 0 saturated heterocycles. The summed E-state index contributed by atoms with van der Waals surface area (Å²) in [5.74, 6) is 1.15. The molecular weight excluding hydrogens is 264 g/mol. The van der Waals surface area contributed by atoms with Gasteiger partial charge in [-0.15, -0.1) is 0 Å². The molecule has 1 aromatic heterocycles. The Labute approximate surface area is 124 Å². The molecule has 0 spiro atoms. The maximum atomic E-state index is 12.8. The van der Waals surface area contributed by atoms with Gasteiger partial charge in [0.15, 0.2) is 11.5 Å². The smallest absolute Gasteiger partial charge is 0.188 e. The number of carbonyl (C=O) groups is 1. The first-order valence-corrected chi connectivity index (χ1v) is 7.45. The van der Waals surface area contributed by atoms with E-state index in [1.807, 2.05) is 18.2 Å². The van der Waals surface area contributed by atoms with Crippen LogP contribution in [0.5, 0.6) is 5.75 Å². The number of carbonyl (C=O) groups excluding carboxylic acids is 1. The Balaban J connectivity index is 1.82. The van der Waals surface area contributed by atoms with Gasteiger partial charge in [-0.3, -0.25) is 9.48 Å². The lowest BCUT2D eigenvalue weighted by atomic mass is 10.1. The zero-order chi connectivity index (χ0) is 14.8. The van der Waals surface area contributed by atoms with Crippen LogP contribution in [0.15, 0.2) is 36.5 Å². The maximum Gasteiger partial charge on any atom is 0.188 e. The van der Waals surface area contributed by atoms with Crippen LogP contribution in [0.2, 0.25) is 0 Å². The van der Waals surface area contributed by atoms with Crippen molar-refractivity contribution in [2.75, 3.05) is 7.11 Å². The molecule has 0 amide bonds. The van der Waals surface area contributed by atoms with Crippen LogP contribution < -0.4 is 4.74 Å². The highest BCUT2D eigenvalue weighted by Gasteiger charge is 2.45. The van der Waals surface area contributed by atoms with E-state index in [0.717, 1.165) is 19.4 Å². The lowest BCUT2D eigenvalue weighted by Gasteiger charge is -2.07. The zero-order valence-electron chi connectivity index (χ0n) is 12.5. The van der Waals surface area contributed by atoms with Crippen molar-refractivity contribution >= 4 is 5.78 Å². The number of Topliss-reactive ketones (excluding diaryl/α,β-unsaturated/α-hetero) is 1. The normalized spacial score (nSPS) is 20.3. The van der Waals surface area contributed by atoms with Crippen LogP contribution in [0.1, 0.15) is 41.7 Å². The third-order valence-electron chi connectivity index (χ3n) is 4.05. The third-order valence-corrected chi connectivity index (χ3v) is 4.05. The molecular formula is C17H20N2O2. The molecule has 0 N–H and O–H groups in total. The first-order chi connectivity index (χ1) is 10.3. The Morgan fingerprint density at radius 2 is 2.14 bits per heavy atom. The summed E-state index contributed by atoms with van der Waals surface area (Å²) < 4.78 is 7.09. The number of aromatic nitrogens is 2. The lowest BCUT2D eigenvalue weighted by molar-refractivity contribution is 0.0951. The fraction of sp³-hybridized carbons (Fsp3) is 0.412. The average Bonchev–Trinajstić information content (AvgIpc) is 3.22. The summed E-state index contributed by atoms with van der Waals surface area (Å²) >= 11 is 0. The van der Waals surface area contributed by atoms with Crippen molar-refractivity contribution in [1.29, 1.82) is 0 Å². The van der Waals surface area contributed by atoms with Crippen molar-refractivity contribution < 1.29 is 9.53 Å². The molecule has 2 atom stereocenters. The molecule has 1 aromatic carbocycles. The second kappa shape index (κ2) is 5.72. The van der Waals surface area contributed by atoms with E-state index in [0.29, 0.717) is 17.4 Å². The maximum absolute atomic E-state index is 12.8. The number of hydrogen-bond acceptors (Lipinski definition) is 3. The molecule has 0 bridgehead atoms. The highest BCUT2D eigenvalue weighted by atomic mass is 16.5. The summed E-state index contributed by atoms with van der Waals surface area (Å²) in [6.45, 7) is 2.82. The van der Waals surface area contributed by atoms with E-state index in [2.05, 4.69) is 24.2 Å². The van der Waals surface area contributed by atoms with Crippen LogP contribution in [0.4, 0.5) is 0 Å². The van der Waals surface area contributed by atoms with E-state index < -0.39 is 0 Å². The van der Waals surface area contributed by atoms with Crippen molar-refractivity contribution in [2.45, 2.75) is 32.2 Å². The van der Waals surface area contributed by atoms with Crippen LogP contribution in [-0.4, -0.2) is 22.7 Å². The minimum atomic E-state index is 0.0635. The second-order valence-electron chi connectivity index (χ2n) is 5.51. The largest absolute Gasteiger partial charge is 0.493 e. The first-order valence-electron chi connectivity index (χ1n) is 7.45. The van der Waals surface area contributed by atoms with E-state index in [1.165, 1.54) is 5.56 Å². The van der Waals surface area contributed by atoms with E-state index in [-0.39, 0.29) is 11.7 Å². The van der Waals surface area contributed by atoms with Gasteiger partial charge in [0, 0.05) is 12.5 Å². The molecule has 2 unspecified atom stereocenters. The Morgan fingerprint density at radius 3 is 2.81 bits per heavy atom. The summed E-state index contributed by atoms with van der Waals surface area (Å²) in [4.78, 5) is 12.8. The molecule has 1 aliphatic carbocycles. The van der Waals surface area contributed by atoms with Gasteiger partial charge in [0.25, 0.3) is 0 Å². The molecule has 110 valence electrons. The molecule has 1 heterocycles. The van der Waals surface area contributed by atoms with Gasteiger partial charge in [0.2, 0.25) is 0 Å². The number of ether oxygens (including phenoxy) is 1. The molecule has 1 aliphatic rings. The van der Waals surface area contributed by atoms with Crippen molar-refractivity contribution in [3.05, 3.63) is 47.8 Å². The third kappa shape index (κ3) is 2.58. The van der Waals surface area contributed by atoms with Crippen LogP contribution >= 0.6 is 0 Å². The minimum absolute atomic E-state index is 0.0635. The molecule has 3 rings (SSSR count). The quantitative estimate of drug-likeness (QED) is 0.765. The summed E-state index contributed by atoms with van der Waals surface area (Å²) in [5, 5.41) is 4.28. The number of nitrogens with zero attached hydrogens (tertiary/aromatic N) is 2. The van der Waals surface area contributed by atoms with Gasteiger partial charge in [0.1, 0.15) is 5.69 Å². The molecule has 4 heteroatoms. The van der Waals surface area contributed by atoms with Crippen molar-refractivity contribution in [3.8, 4) is 5.75 Å². The van der Waals surface area contributed by atoms with Crippen molar-refractivity contribution in [2.24, 2.45) is 5.92 Å². The molecule has 21 heavy (non-hydrogen) atoms. The van der Waals surface area contributed by atoms with Crippen LogP contribution in [0.25, 0.3) is 0 Å². The zero-order valence-corrected chi connectivity index (χ0v) is 12.5. The standard InChI is InChI=1S/C17H20N2O2/c1-3-9-19-16(15(21-2)11-18-19)17(20)14-10-13(14)12-7-5-4-6-8-12/h4-8,11,13-14H,3,9-10H2,1-2H3. The van der Waals surface area contributed by atoms with E-state index in [4.69, 9.17) is 4.74 Å². The summed E-state index contributed by atoms with van der Waals surface area (Å²) in [6.07, 6.45) is 3.50. The van der Waals surface area contributed by atoms with Crippen LogP contribution in [0.3, 0.4) is 0 Å². The molecule has 1 saturated carbocycles. The fourth-order valence-corrected chi connectivity index (χ4v) is 2.88. The number of rotatable bonds is 6. The molecule has 1 fully saturated rings. The molecule has 2 aromatic rings. The SMILES string of the molecule is CCCn1ncc(OC)c1C(=O)C1CC1c1ccccc1. The number of hydrogen-bond donors (Lipinski definition) is 0. The number of methoxy groups -OCH3 is 1. The topological polar surface area (TPSA) is 44.1 Å². The number of aryl methyl sites for hydroxylation is 1. The summed E-state index contributed by atoms with van der Waals surface area (Å²) in [7, 11) is 1.59. The monoisotopic (exact) mass is 284 g/mol. The number of benzene rings is 1. The minimum Gasteiger partial charge on any atom is -0.493 e. The van der Waals surface area contributed by atoms with Gasteiger partial charge in [0.05, 0.1) is 13.3 Å². The van der Waals surface area contributed by atoms with Gasteiger partial charge in [-0.1, -0.05) is 37.3 Å². The predicted molar refractivity (Wildman–Crippen MR) is 80.7 cm³/mol. The summed E-state index contributed by atoms with van der Waals surface area (Å²) in [6, 6.07) is 10.2.